The molecule has 1 saturated heterocycles. The third kappa shape index (κ3) is 4.08. The first-order valence-electron chi connectivity index (χ1n) is 12.4. The third-order valence-corrected chi connectivity index (χ3v) is 7.52. The summed E-state index contributed by atoms with van der Waals surface area (Å²) in [5, 5.41) is 11.4. The molecule has 3 heterocycles. The number of benzene rings is 1. The number of nitrogens with one attached hydrogen (secondary N) is 2. The van der Waals surface area contributed by atoms with Gasteiger partial charge in [-0.25, -0.2) is 9.37 Å². The van der Waals surface area contributed by atoms with Gasteiger partial charge in [-0.15, -0.1) is 0 Å². The minimum Gasteiger partial charge on any atom is -0.480 e. The number of nitrogens with zero attached hydrogens (tertiary/aromatic N) is 4. The van der Waals surface area contributed by atoms with E-state index in [4.69, 9.17) is 26.1 Å². The Balaban J connectivity index is 1.79. The zero-order chi connectivity index (χ0) is 25.4. The predicted molar refractivity (Wildman–Crippen MR) is 141 cm³/mol. The van der Waals surface area contributed by atoms with Crippen molar-refractivity contribution in [1.29, 1.82) is 0 Å². The summed E-state index contributed by atoms with van der Waals surface area (Å²) in [6, 6.07) is 2.07. The summed E-state index contributed by atoms with van der Waals surface area (Å²) in [6.07, 6.45) is 3.86. The van der Waals surface area contributed by atoms with Crippen molar-refractivity contribution in [2.75, 3.05) is 52.8 Å². The number of aromatic nitrogens is 3. The Bertz CT molecular complexity index is 1320. The van der Waals surface area contributed by atoms with Gasteiger partial charge in [0.1, 0.15) is 22.2 Å². The molecular formula is C26H32ClFN6O2. The highest BCUT2D eigenvalue weighted by atomic mass is 35.5. The molecule has 2 aromatic heterocycles. The molecule has 192 valence electrons. The fraction of sp³-hybridized carbons (Fsp3) is 0.500. The predicted octanol–water partition coefficient (Wildman–Crippen LogP) is 5.01. The van der Waals surface area contributed by atoms with Crippen molar-refractivity contribution in [2.24, 2.45) is 4.99 Å². The number of rotatable bonds is 4. The van der Waals surface area contributed by atoms with Crippen LogP contribution in [0.1, 0.15) is 48.8 Å². The molecule has 1 aromatic carbocycles. The van der Waals surface area contributed by atoms with Crippen LogP contribution in [-0.2, 0) is 11.2 Å². The van der Waals surface area contributed by atoms with E-state index in [0.29, 0.717) is 58.7 Å². The Morgan fingerprint density at radius 2 is 2.17 bits per heavy atom. The van der Waals surface area contributed by atoms with E-state index in [2.05, 4.69) is 38.4 Å². The van der Waals surface area contributed by atoms with Gasteiger partial charge < -0.3 is 19.7 Å². The zero-order valence-electron chi connectivity index (χ0n) is 21.2. The van der Waals surface area contributed by atoms with E-state index in [1.54, 1.807) is 21.2 Å². The number of halogens is 2. The second kappa shape index (κ2) is 10.2. The lowest BCUT2D eigenvalue weighted by Crippen LogP contribution is -2.35. The van der Waals surface area contributed by atoms with Gasteiger partial charge in [0.2, 0.25) is 5.88 Å². The Hall–Kier alpha value is -2.91. The molecule has 36 heavy (non-hydrogen) atoms. The summed E-state index contributed by atoms with van der Waals surface area (Å²) >= 11 is 6.59. The highest BCUT2D eigenvalue weighted by Gasteiger charge is 2.32. The molecule has 10 heteroatoms. The topological polar surface area (TPSA) is 87.7 Å². The SMILES string of the molecule is CN=C(c1c(OC)nc(-c2c3c(cc4n[nH]c(Cl)c24)CCCC3C)c(F)c1NC)N1CCCOCC1. The molecular weight excluding hydrogens is 483 g/mol. The number of H-pyrrole nitrogens is 1. The number of aliphatic imine (C=N–C) groups is 1. The molecule has 1 fully saturated rings. The first-order valence-corrected chi connectivity index (χ1v) is 12.8. The monoisotopic (exact) mass is 514 g/mol. The van der Waals surface area contributed by atoms with Crippen molar-refractivity contribution < 1.29 is 13.9 Å². The third-order valence-electron chi connectivity index (χ3n) is 7.24. The Kier molecular flexibility index (Phi) is 7.03. The zero-order valence-corrected chi connectivity index (χ0v) is 21.9. The van der Waals surface area contributed by atoms with Gasteiger partial charge in [0.25, 0.3) is 0 Å². The van der Waals surface area contributed by atoms with Crippen LogP contribution in [0.4, 0.5) is 10.1 Å². The largest absolute Gasteiger partial charge is 0.480 e. The van der Waals surface area contributed by atoms with Crippen LogP contribution in [0.2, 0.25) is 5.15 Å². The summed E-state index contributed by atoms with van der Waals surface area (Å²) in [5.41, 5.74) is 4.62. The average Bonchev–Trinajstić information content (AvgIpc) is 3.06. The van der Waals surface area contributed by atoms with Crippen LogP contribution in [0.3, 0.4) is 0 Å². The lowest BCUT2D eigenvalue weighted by atomic mass is 9.79. The van der Waals surface area contributed by atoms with Gasteiger partial charge >= 0.3 is 0 Å². The average molecular weight is 515 g/mol. The van der Waals surface area contributed by atoms with Crippen molar-refractivity contribution in [1.82, 2.24) is 20.1 Å². The van der Waals surface area contributed by atoms with Gasteiger partial charge in [0.15, 0.2) is 5.82 Å². The lowest BCUT2D eigenvalue weighted by Gasteiger charge is -2.28. The molecule has 1 aliphatic heterocycles. The number of pyridine rings is 1. The number of methoxy groups -OCH3 is 1. The van der Waals surface area contributed by atoms with E-state index in [9.17, 15) is 0 Å². The number of aromatic amines is 1. The number of anilines is 1. The molecule has 1 atom stereocenters. The molecule has 0 bridgehead atoms. The normalized spacial score (nSPS) is 18.8. The van der Waals surface area contributed by atoms with Gasteiger partial charge in [-0.3, -0.25) is 10.1 Å². The van der Waals surface area contributed by atoms with Crippen molar-refractivity contribution in [3.05, 3.63) is 33.7 Å². The van der Waals surface area contributed by atoms with E-state index in [0.717, 1.165) is 43.4 Å². The molecule has 0 spiro atoms. The molecule has 2 N–H and O–H groups in total. The first-order chi connectivity index (χ1) is 17.5. The van der Waals surface area contributed by atoms with E-state index in [1.807, 2.05) is 0 Å². The van der Waals surface area contributed by atoms with Gasteiger partial charge in [0, 0.05) is 44.7 Å². The van der Waals surface area contributed by atoms with Gasteiger partial charge in [-0.1, -0.05) is 18.5 Å². The van der Waals surface area contributed by atoms with E-state index in [1.165, 1.54) is 0 Å². The summed E-state index contributed by atoms with van der Waals surface area (Å²) in [4.78, 5) is 11.4. The molecule has 8 nitrogen and oxygen atoms in total. The number of ether oxygens (including phenoxy) is 2. The molecule has 2 aliphatic rings. The Labute approximate surface area is 215 Å². The Morgan fingerprint density at radius 1 is 1.33 bits per heavy atom. The maximum atomic E-state index is 16.6. The number of hydrogen-bond acceptors (Lipinski definition) is 6. The molecule has 3 aromatic rings. The van der Waals surface area contributed by atoms with Gasteiger partial charge in [0.05, 0.1) is 24.9 Å². The van der Waals surface area contributed by atoms with Crippen molar-refractivity contribution >= 4 is 34.0 Å². The van der Waals surface area contributed by atoms with Gasteiger partial charge in [-0.2, -0.15) is 5.10 Å². The van der Waals surface area contributed by atoms with Crippen LogP contribution in [0, 0.1) is 5.82 Å². The molecule has 0 radical (unpaired) electrons. The van der Waals surface area contributed by atoms with Crippen LogP contribution in [0.25, 0.3) is 22.2 Å². The quantitative estimate of drug-likeness (QED) is 0.376. The van der Waals surface area contributed by atoms with Crippen LogP contribution < -0.4 is 10.1 Å². The van der Waals surface area contributed by atoms with E-state index in [-0.39, 0.29) is 17.3 Å². The molecule has 0 saturated carbocycles. The highest BCUT2D eigenvalue weighted by molar-refractivity contribution is 6.35. The summed E-state index contributed by atoms with van der Waals surface area (Å²) < 4.78 is 28.0. The maximum Gasteiger partial charge on any atom is 0.227 e. The summed E-state index contributed by atoms with van der Waals surface area (Å²) in [7, 11) is 4.96. The van der Waals surface area contributed by atoms with E-state index >= 15 is 4.39 Å². The fourth-order valence-corrected chi connectivity index (χ4v) is 5.87. The van der Waals surface area contributed by atoms with Crippen molar-refractivity contribution in [2.45, 2.75) is 38.5 Å². The minimum atomic E-state index is -0.467. The molecule has 1 aliphatic carbocycles. The number of hydrogen-bond donors (Lipinski definition) is 2. The highest BCUT2D eigenvalue weighted by Crippen LogP contribution is 2.46. The van der Waals surface area contributed by atoms with Gasteiger partial charge in [-0.05, 0) is 48.8 Å². The first kappa shape index (κ1) is 24.8. The van der Waals surface area contributed by atoms with E-state index < -0.39 is 5.82 Å². The van der Waals surface area contributed by atoms with Crippen LogP contribution in [0.5, 0.6) is 5.88 Å². The van der Waals surface area contributed by atoms with Crippen molar-refractivity contribution in [3.63, 3.8) is 0 Å². The molecule has 0 amide bonds. The Morgan fingerprint density at radius 3 is 2.92 bits per heavy atom. The van der Waals surface area contributed by atoms with Crippen molar-refractivity contribution in [3.8, 4) is 17.1 Å². The molecule has 5 rings (SSSR count). The minimum absolute atomic E-state index is 0.202. The van der Waals surface area contributed by atoms with Crippen LogP contribution >= 0.6 is 11.6 Å². The summed E-state index contributed by atoms with van der Waals surface area (Å²) in [5.74, 6) is 0.684. The number of fused-ring (bicyclic) bond motifs is 2. The lowest BCUT2D eigenvalue weighted by molar-refractivity contribution is 0.147. The smallest absolute Gasteiger partial charge is 0.227 e. The van der Waals surface area contributed by atoms with Crippen LogP contribution in [0.15, 0.2) is 11.1 Å². The molecule has 1 unspecified atom stereocenters. The second-order valence-corrected chi connectivity index (χ2v) is 9.71. The second-order valence-electron chi connectivity index (χ2n) is 9.33. The summed E-state index contributed by atoms with van der Waals surface area (Å²) in [6.45, 7) is 4.84. The fourth-order valence-electron chi connectivity index (χ4n) is 5.64. The maximum absolute atomic E-state index is 16.6. The number of amidine groups is 1. The standard InChI is InChI=1S/C26H32ClFN6O2/c1-14-7-5-8-15-13-16-18(24(27)33-32-16)19(17(14)15)23-21(28)22(29-2)20(26(31-23)35-4)25(30-3)34-9-6-11-36-12-10-34/h13-14H,5-12H2,1-4H3,(H,29,31)(H,32,33). The number of aryl methyl sites for hydroxylation is 1. The van der Waals surface area contributed by atoms with Crippen LogP contribution in [-0.4, -0.2) is 73.4 Å².